The smallest absolute Gasteiger partial charge is 0.316 e. The van der Waals surface area contributed by atoms with E-state index in [1.54, 1.807) is 13.8 Å². The number of aliphatic imine (C=N–C) groups is 1. The van der Waals surface area contributed by atoms with E-state index in [4.69, 9.17) is 14.5 Å². The minimum atomic E-state index is -0.301. The molecule has 29 heavy (non-hydrogen) atoms. The molecule has 0 spiro atoms. The number of para-hydroxylation sites is 2. The maximum absolute atomic E-state index is 11.8. The van der Waals surface area contributed by atoms with Crippen LogP contribution in [0.25, 0.3) is 0 Å². The van der Waals surface area contributed by atoms with Crippen molar-refractivity contribution in [1.82, 2.24) is 0 Å². The Morgan fingerprint density at radius 2 is 1.52 bits per heavy atom. The molecular weight excluding hydrogens is 408 g/mol. The van der Waals surface area contributed by atoms with E-state index >= 15 is 0 Å². The first-order valence-electron chi connectivity index (χ1n) is 9.19. The van der Waals surface area contributed by atoms with Crippen molar-refractivity contribution < 1.29 is 19.1 Å². The van der Waals surface area contributed by atoms with Crippen molar-refractivity contribution in [3.63, 3.8) is 0 Å². The fourth-order valence-corrected chi connectivity index (χ4v) is 3.68. The molecule has 0 heterocycles. The first-order chi connectivity index (χ1) is 14.1. The predicted molar refractivity (Wildman–Crippen MR) is 120 cm³/mol. The molecule has 154 valence electrons. The number of rotatable bonds is 9. The number of hydrogen-bond acceptors (Lipinski definition) is 7. The zero-order valence-corrected chi connectivity index (χ0v) is 18.1. The number of anilines is 1. The molecule has 6 nitrogen and oxygen atoms in total. The molecule has 2 rings (SSSR count). The highest BCUT2D eigenvalue weighted by Crippen LogP contribution is 2.30. The van der Waals surface area contributed by atoms with Gasteiger partial charge in [0.05, 0.1) is 30.4 Å². The number of hydrogen-bond donors (Lipinski definition) is 1. The summed E-state index contributed by atoms with van der Waals surface area (Å²) in [5.41, 5.74) is 1.57. The zero-order valence-electron chi connectivity index (χ0n) is 16.4. The van der Waals surface area contributed by atoms with Gasteiger partial charge >= 0.3 is 11.9 Å². The second-order valence-electron chi connectivity index (χ2n) is 5.56. The standard InChI is InChI=1S/C21H24N2O4S2/c1-3-26-19(24)14-28-18-13-9-8-12-17(18)23-21(29-15-20(25)27-4-2)22-16-10-6-5-7-11-16/h5-13H,3-4,14-15H2,1-2H3,(H,22,23). The zero-order chi connectivity index (χ0) is 20.9. The maximum atomic E-state index is 11.8. The van der Waals surface area contributed by atoms with Gasteiger partial charge in [0.2, 0.25) is 0 Å². The molecular formula is C21H24N2O4S2. The Kier molecular flexibility index (Phi) is 10.2. The van der Waals surface area contributed by atoms with Gasteiger partial charge in [-0.15, -0.1) is 11.8 Å². The number of ether oxygens (including phenoxy) is 2. The third kappa shape index (κ3) is 8.62. The molecule has 2 aromatic rings. The number of amidine groups is 1. The second-order valence-corrected chi connectivity index (χ2v) is 7.54. The van der Waals surface area contributed by atoms with Crippen molar-refractivity contribution in [2.75, 3.05) is 30.0 Å². The molecule has 0 aliphatic carbocycles. The van der Waals surface area contributed by atoms with Crippen LogP contribution in [0.5, 0.6) is 0 Å². The molecule has 0 saturated carbocycles. The molecule has 0 aliphatic heterocycles. The lowest BCUT2D eigenvalue weighted by Gasteiger charge is -2.11. The molecule has 0 radical (unpaired) electrons. The summed E-state index contributed by atoms with van der Waals surface area (Å²) < 4.78 is 9.99. The monoisotopic (exact) mass is 432 g/mol. The van der Waals surface area contributed by atoms with Crippen LogP contribution in [0, 0.1) is 0 Å². The highest BCUT2D eigenvalue weighted by Gasteiger charge is 2.11. The predicted octanol–water partition coefficient (Wildman–Crippen LogP) is 4.74. The fourth-order valence-electron chi connectivity index (χ4n) is 2.19. The molecule has 0 bridgehead atoms. The van der Waals surface area contributed by atoms with Gasteiger partial charge in [-0.2, -0.15) is 0 Å². The lowest BCUT2D eigenvalue weighted by molar-refractivity contribution is -0.140. The van der Waals surface area contributed by atoms with Crippen LogP contribution in [0.1, 0.15) is 13.8 Å². The fraction of sp³-hybridized carbons (Fsp3) is 0.286. The van der Waals surface area contributed by atoms with Crippen LogP contribution in [0.3, 0.4) is 0 Å². The van der Waals surface area contributed by atoms with Crippen LogP contribution in [0.2, 0.25) is 0 Å². The van der Waals surface area contributed by atoms with Gasteiger partial charge in [-0.05, 0) is 38.1 Å². The molecule has 2 aromatic carbocycles. The number of esters is 2. The maximum Gasteiger partial charge on any atom is 0.316 e. The van der Waals surface area contributed by atoms with Gasteiger partial charge in [0.25, 0.3) is 0 Å². The lowest BCUT2D eigenvalue weighted by Crippen LogP contribution is -2.13. The summed E-state index contributed by atoms with van der Waals surface area (Å²) in [5.74, 6) is -0.219. The second kappa shape index (κ2) is 12.9. The van der Waals surface area contributed by atoms with Gasteiger partial charge in [0, 0.05) is 10.6 Å². The minimum absolute atomic E-state index is 0.143. The van der Waals surface area contributed by atoms with Gasteiger partial charge in [0.15, 0.2) is 5.17 Å². The van der Waals surface area contributed by atoms with Crippen LogP contribution in [-0.2, 0) is 19.1 Å². The molecule has 0 aliphatic rings. The van der Waals surface area contributed by atoms with E-state index in [9.17, 15) is 9.59 Å². The summed E-state index contributed by atoms with van der Waals surface area (Å²) in [6.45, 7) is 4.25. The summed E-state index contributed by atoms with van der Waals surface area (Å²) in [4.78, 5) is 29.0. The third-order valence-electron chi connectivity index (χ3n) is 3.40. The number of thioether (sulfide) groups is 2. The van der Waals surface area contributed by atoms with E-state index in [0.717, 1.165) is 10.6 Å². The molecule has 0 unspecified atom stereocenters. The summed E-state index contributed by atoms with van der Waals surface area (Å²) in [7, 11) is 0. The van der Waals surface area contributed by atoms with Crippen LogP contribution < -0.4 is 5.32 Å². The van der Waals surface area contributed by atoms with Crippen molar-refractivity contribution >= 4 is 52.0 Å². The van der Waals surface area contributed by atoms with Crippen LogP contribution >= 0.6 is 23.5 Å². The van der Waals surface area contributed by atoms with Gasteiger partial charge in [-0.3, -0.25) is 9.59 Å². The Labute approximate surface area is 179 Å². The van der Waals surface area contributed by atoms with E-state index in [0.29, 0.717) is 24.1 Å². The van der Waals surface area contributed by atoms with E-state index in [1.807, 2.05) is 54.6 Å². The van der Waals surface area contributed by atoms with Crippen molar-refractivity contribution in [1.29, 1.82) is 0 Å². The highest BCUT2D eigenvalue weighted by atomic mass is 32.2. The van der Waals surface area contributed by atoms with Crippen molar-refractivity contribution in [2.24, 2.45) is 4.99 Å². The Bertz CT molecular complexity index is 828. The molecule has 8 heteroatoms. The Morgan fingerprint density at radius 3 is 2.21 bits per heavy atom. The van der Waals surface area contributed by atoms with Crippen LogP contribution in [0.15, 0.2) is 64.5 Å². The Morgan fingerprint density at radius 1 is 0.897 bits per heavy atom. The normalized spacial score (nSPS) is 11.0. The number of nitrogens with one attached hydrogen (secondary N) is 1. The average Bonchev–Trinajstić information content (AvgIpc) is 2.72. The van der Waals surface area contributed by atoms with E-state index in [-0.39, 0.29) is 23.4 Å². The first kappa shape index (κ1) is 22.8. The molecule has 0 saturated heterocycles. The SMILES string of the molecule is CCOC(=O)CSC(=Nc1ccccc1SCC(=O)OCC)Nc1ccccc1. The Balaban J connectivity index is 2.19. The lowest BCUT2D eigenvalue weighted by atomic mass is 10.3. The van der Waals surface area contributed by atoms with Crippen LogP contribution in [0.4, 0.5) is 11.4 Å². The topological polar surface area (TPSA) is 77.0 Å². The molecule has 1 N–H and O–H groups in total. The van der Waals surface area contributed by atoms with Gasteiger partial charge < -0.3 is 14.8 Å². The van der Waals surface area contributed by atoms with Crippen LogP contribution in [-0.4, -0.2) is 41.8 Å². The number of carbonyl (C=O) groups is 2. The highest BCUT2D eigenvalue weighted by molar-refractivity contribution is 8.14. The van der Waals surface area contributed by atoms with E-state index in [2.05, 4.69) is 5.32 Å². The summed E-state index contributed by atoms with van der Waals surface area (Å²) in [5, 5.41) is 3.81. The largest absolute Gasteiger partial charge is 0.465 e. The molecule has 0 fully saturated rings. The van der Waals surface area contributed by atoms with Gasteiger partial charge in [0.1, 0.15) is 0 Å². The Hall–Kier alpha value is -2.45. The average molecular weight is 433 g/mol. The minimum Gasteiger partial charge on any atom is -0.465 e. The molecule has 0 amide bonds. The number of nitrogens with zero attached hydrogens (tertiary/aromatic N) is 1. The van der Waals surface area contributed by atoms with Gasteiger partial charge in [-0.25, -0.2) is 4.99 Å². The third-order valence-corrected chi connectivity index (χ3v) is 5.28. The van der Waals surface area contributed by atoms with Gasteiger partial charge in [-0.1, -0.05) is 42.1 Å². The number of carbonyl (C=O) groups excluding carboxylic acids is 2. The summed E-state index contributed by atoms with van der Waals surface area (Å²) >= 11 is 2.63. The first-order valence-corrected chi connectivity index (χ1v) is 11.2. The summed E-state index contributed by atoms with van der Waals surface area (Å²) in [6, 6.07) is 17.1. The molecule has 0 atom stereocenters. The summed E-state index contributed by atoms with van der Waals surface area (Å²) in [6.07, 6.45) is 0. The van der Waals surface area contributed by atoms with Crippen molar-refractivity contribution in [2.45, 2.75) is 18.7 Å². The van der Waals surface area contributed by atoms with E-state index in [1.165, 1.54) is 23.5 Å². The molecule has 0 aromatic heterocycles. The van der Waals surface area contributed by atoms with Crippen molar-refractivity contribution in [3.05, 3.63) is 54.6 Å². The number of benzene rings is 2. The van der Waals surface area contributed by atoms with Crippen molar-refractivity contribution in [3.8, 4) is 0 Å². The van der Waals surface area contributed by atoms with E-state index < -0.39 is 0 Å². The quantitative estimate of drug-likeness (QED) is 0.265.